The molecule has 1 aromatic rings. The molecule has 2 rings (SSSR count). The van der Waals surface area contributed by atoms with Crippen molar-refractivity contribution in [3.8, 4) is 5.75 Å². The molecule has 1 nitrogen and oxygen atoms in total. The maximum atomic E-state index is 13.9. The number of hydrogen-bond acceptors (Lipinski definition) is 1. The lowest BCUT2D eigenvalue weighted by Crippen LogP contribution is -2.21. The Bertz CT molecular complexity index is 512. The van der Waals surface area contributed by atoms with Gasteiger partial charge in [-0.05, 0) is 54.7 Å². The van der Waals surface area contributed by atoms with Crippen molar-refractivity contribution in [2.45, 2.75) is 84.5 Å². The lowest BCUT2D eigenvalue weighted by Gasteiger charge is -2.32. The van der Waals surface area contributed by atoms with Gasteiger partial charge in [-0.25, -0.2) is 8.78 Å². The Hall–Kier alpha value is -1.12. The third-order valence-electron chi connectivity index (χ3n) is 6.23. The second-order valence-corrected chi connectivity index (χ2v) is 8.26. The molecule has 1 aliphatic carbocycles. The quantitative estimate of drug-likeness (QED) is 0.394. The van der Waals surface area contributed by atoms with Gasteiger partial charge in [0.25, 0.3) is 0 Å². The number of unbranched alkanes of at least 4 members (excludes halogenated alkanes) is 4. The first-order chi connectivity index (χ1) is 12.5. The van der Waals surface area contributed by atoms with Crippen molar-refractivity contribution in [2.24, 2.45) is 17.8 Å². The third kappa shape index (κ3) is 6.25. The summed E-state index contributed by atoms with van der Waals surface area (Å²) in [4.78, 5) is 0. The summed E-state index contributed by atoms with van der Waals surface area (Å²) < 4.78 is 32.5. The van der Waals surface area contributed by atoms with Gasteiger partial charge in [-0.15, -0.1) is 0 Å². The van der Waals surface area contributed by atoms with Gasteiger partial charge in [0.1, 0.15) is 0 Å². The molecule has 0 N–H and O–H groups in total. The Morgan fingerprint density at radius 1 is 1.00 bits per heavy atom. The lowest BCUT2D eigenvalue weighted by atomic mass is 9.73. The van der Waals surface area contributed by atoms with Crippen LogP contribution in [0.5, 0.6) is 5.75 Å². The minimum absolute atomic E-state index is 0.277. The first kappa shape index (κ1) is 21.2. The molecule has 0 aromatic heterocycles. The van der Waals surface area contributed by atoms with Gasteiger partial charge in [0.15, 0.2) is 17.4 Å². The summed E-state index contributed by atoms with van der Waals surface area (Å²) >= 11 is 0. The van der Waals surface area contributed by atoms with E-state index in [0.717, 1.165) is 17.9 Å². The van der Waals surface area contributed by atoms with E-state index in [9.17, 15) is 8.78 Å². The molecule has 0 amide bonds. The smallest absolute Gasteiger partial charge is 0.190 e. The van der Waals surface area contributed by atoms with Gasteiger partial charge in [0, 0.05) is 0 Å². The van der Waals surface area contributed by atoms with Gasteiger partial charge in [-0.1, -0.05) is 65.2 Å². The van der Waals surface area contributed by atoms with E-state index >= 15 is 0 Å². The fourth-order valence-electron chi connectivity index (χ4n) is 4.55. The van der Waals surface area contributed by atoms with Crippen molar-refractivity contribution in [1.29, 1.82) is 0 Å². The van der Waals surface area contributed by atoms with Crippen LogP contribution in [0.2, 0.25) is 0 Å². The fourth-order valence-corrected chi connectivity index (χ4v) is 4.55. The average Bonchev–Trinajstić information content (AvgIpc) is 2.62. The molecule has 26 heavy (non-hydrogen) atoms. The monoisotopic (exact) mass is 366 g/mol. The number of benzene rings is 1. The van der Waals surface area contributed by atoms with Crippen LogP contribution in [0.1, 0.15) is 83.6 Å². The van der Waals surface area contributed by atoms with Gasteiger partial charge in [-0.2, -0.15) is 0 Å². The van der Waals surface area contributed by atoms with Gasteiger partial charge in [0.05, 0.1) is 7.11 Å². The first-order valence-electron chi connectivity index (χ1n) is 10.6. The van der Waals surface area contributed by atoms with E-state index in [1.54, 1.807) is 0 Å². The molecule has 1 unspecified atom stereocenters. The summed E-state index contributed by atoms with van der Waals surface area (Å²) in [6, 6.07) is 2.86. The Kier molecular flexibility index (Phi) is 8.87. The maximum absolute atomic E-state index is 13.9. The van der Waals surface area contributed by atoms with Gasteiger partial charge < -0.3 is 4.74 Å². The molecule has 1 atom stereocenters. The van der Waals surface area contributed by atoms with Gasteiger partial charge in [-0.3, -0.25) is 0 Å². The highest BCUT2D eigenvalue weighted by Gasteiger charge is 2.25. The fraction of sp³-hybridized carbons (Fsp3) is 0.739. The van der Waals surface area contributed by atoms with Crippen LogP contribution in [0.25, 0.3) is 0 Å². The van der Waals surface area contributed by atoms with E-state index in [2.05, 4.69) is 13.8 Å². The molecule has 1 aliphatic rings. The molecule has 148 valence electrons. The van der Waals surface area contributed by atoms with Gasteiger partial charge in [0.2, 0.25) is 0 Å². The zero-order valence-corrected chi connectivity index (χ0v) is 16.8. The Balaban J connectivity index is 1.75. The zero-order valence-electron chi connectivity index (χ0n) is 16.8. The van der Waals surface area contributed by atoms with Crippen molar-refractivity contribution in [2.75, 3.05) is 7.11 Å². The van der Waals surface area contributed by atoms with Crippen LogP contribution >= 0.6 is 0 Å². The summed E-state index contributed by atoms with van der Waals surface area (Å²) in [5, 5.41) is 0. The normalized spacial score (nSPS) is 21.6. The number of ether oxygens (including phenoxy) is 1. The first-order valence-corrected chi connectivity index (χ1v) is 10.6. The van der Waals surface area contributed by atoms with Crippen molar-refractivity contribution < 1.29 is 13.5 Å². The van der Waals surface area contributed by atoms with E-state index in [1.807, 2.05) is 0 Å². The lowest BCUT2D eigenvalue weighted by molar-refractivity contribution is 0.204. The minimum Gasteiger partial charge on any atom is -0.491 e. The summed E-state index contributed by atoms with van der Waals surface area (Å²) in [5.41, 5.74) is 0.742. The Morgan fingerprint density at radius 3 is 2.19 bits per heavy atom. The molecule has 0 aliphatic heterocycles. The summed E-state index contributed by atoms with van der Waals surface area (Å²) in [7, 11) is 1.30. The van der Waals surface area contributed by atoms with Crippen LogP contribution in [0.4, 0.5) is 8.78 Å². The predicted molar refractivity (Wildman–Crippen MR) is 105 cm³/mol. The topological polar surface area (TPSA) is 9.23 Å². The van der Waals surface area contributed by atoms with Crippen LogP contribution < -0.4 is 4.74 Å². The molecule has 0 heterocycles. The van der Waals surface area contributed by atoms with E-state index in [4.69, 9.17) is 4.74 Å². The minimum atomic E-state index is -0.596. The molecule has 3 heteroatoms. The molecule has 0 bridgehead atoms. The van der Waals surface area contributed by atoms with Crippen LogP contribution in [0.15, 0.2) is 12.1 Å². The van der Waals surface area contributed by atoms with E-state index in [0.29, 0.717) is 11.8 Å². The number of hydrogen-bond donors (Lipinski definition) is 0. The summed E-state index contributed by atoms with van der Waals surface area (Å²) in [6.07, 6.45) is 14.2. The molecule has 0 spiro atoms. The van der Waals surface area contributed by atoms with Crippen LogP contribution in [-0.2, 0) is 6.42 Å². The Morgan fingerprint density at radius 2 is 1.62 bits per heavy atom. The summed E-state index contributed by atoms with van der Waals surface area (Å²) in [6.45, 7) is 4.49. The average molecular weight is 367 g/mol. The van der Waals surface area contributed by atoms with Crippen molar-refractivity contribution in [1.82, 2.24) is 0 Å². The molecule has 0 radical (unpaired) electrons. The SMILES string of the molecule is CCCCCCCC1CCC(C(C)Cc2cc(F)c(OC)c(F)c2)CC1. The number of methoxy groups -OCH3 is 1. The molecule has 1 fully saturated rings. The highest BCUT2D eigenvalue weighted by molar-refractivity contribution is 5.31. The van der Waals surface area contributed by atoms with E-state index in [-0.39, 0.29) is 5.75 Å². The molecule has 1 aromatic carbocycles. The maximum Gasteiger partial charge on any atom is 0.190 e. The third-order valence-corrected chi connectivity index (χ3v) is 6.23. The highest BCUT2D eigenvalue weighted by Crippen LogP contribution is 2.37. The largest absolute Gasteiger partial charge is 0.491 e. The molecule has 0 saturated heterocycles. The van der Waals surface area contributed by atoms with E-state index < -0.39 is 11.6 Å². The molecular weight excluding hydrogens is 330 g/mol. The second kappa shape index (κ2) is 10.9. The van der Waals surface area contributed by atoms with Gasteiger partial charge >= 0.3 is 0 Å². The van der Waals surface area contributed by atoms with Crippen molar-refractivity contribution in [3.05, 3.63) is 29.3 Å². The van der Waals surface area contributed by atoms with Crippen LogP contribution in [0, 0.1) is 29.4 Å². The standard InChI is InChI=1S/C23H36F2O/c1-4-5-6-7-8-9-18-10-12-20(13-11-18)17(2)14-19-15-21(24)23(26-3)22(25)16-19/h15-18,20H,4-14H2,1-3H3. The second-order valence-electron chi connectivity index (χ2n) is 8.26. The highest BCUT2D eigenvalue weighted by atomic mass is 19.1. The Labute approximate surface area is 158 Å². The predicted octanol–water partition coefficient (Wildman–Crippen LogP) is 7.32. The van der Waals surface area contributed by atoms with E-state index in [1.165, 1.54) is 83.5 Å². The van der Waals surface area contributed by atoms with Crippen LogP contribution in [-0.4, -0.2) is 7.11 Å². The zero-order chi connectivity index (χ0) is 18.9. The van der Waals surface area contributed by atoms with Crippen molar-refractivity contribution >= 4 is 0 Å². The molecule has 1 saturated carbocycles. The number of halogens is 2. The summed E-state index contributed by atoms with van der Waals surface area (Å²) in [5.74, 6) is 0.576. The van der Waals surface area contributed by atoms with Crippen molar-refractivity contribution in [3.63, 3.8) is 0 Å². The molecular formula is C23H36F2O. The van der Waals surface area contributed by atoms with Crippen LogP contribution in [0.3, 0.4) is 0 Å². The number of rotatable bonds is 10.